The zero-order chi connectivity index (χ0) is 15.2. The normalized spacial score (nSPS) is 17.4. The molecule has 1 aliphatic heterocycles. The highest BCUT2D eigenvalue weighted by atomic mass is 16.5. The number of ether oxygens (including phenoxy) is 4. The smallest absolute Gasteiger partial charge is 0.203 e. The molecule has 5 nitrogen and oxygen atoms in total. The van der Waals surface area contributed by atoms with E-state index in [9.17, 15) is 0 Å². The molecule has 1 heterocycles. The molecule has 0 fully saturated rings. The monoisotopic (exact) mass is 295 g/mol. The Labute approximate surface area is 126 Å². The van der Waals surface area contributed by atoms with E-state index in [0.717, 1.165) is 37.1 Å². The average molecular weight is 295 g/mol. The first kappa shape index (κ1) is 15.8. The third-order valence-corrected chi connectivity index (χ3v) is 3.71. The van der Waals surface area contributed by atoms with Crippen molar-refractivity contribution in [2.75, 3.05) is 34.5 Å². The molecule has 0 bridgehead atoms. The number of fused-ring (bicyclic) bond motifs is 1. The van der Waals surface area contributed by atoms with E-state index in [1.807, 2.05) is 6.07 Å². The first-order valence-electron chi connectivity index (χ1n) is 7.45. The Balaban J connectivity index is 2.53. The molecule has 1 unspecified atom stereocenters. The lowest BCUT2D eigenvalue weighted by Gasteiger charge is -2.23. The molecule has 118 valence electrons. The molecule has 5 heteroatoms. The van der Waals surface area contributed by atoms with Crippen LogP contribution in [-0.4, -0.2) is 34.5 Å². The van der Waals surface area contributed by atoms with Gasteiger partial charge in [0.05, 0.1) is 33.5 Å². The zero-order valence-electron chi connectivity index (χ0n) is 13.3. The lowest BCUT2D eigenvalue weighted by Crippen LogP contribution is -2.22. The number of methoxy groups -OCH3 is 3. The molecule has 0 aliphatic carbocycles. The zero-order valence-corrected chi connectivity index (χ0v) is 13.3. The van der Waals surface area contributed by atoms with E-state index in [0.29, 0.717) is 23.9 Å². The largest absolute Gasteiger partial charge is 0.493 e. The Morgan fingerprint density at radius 2 is 1.95 bits per heavy atom. The number of hydrogen-bond acceptors (Lipinski definition) is 5. The topological polar surface area (TPSA) is 49.0 Å². The summed E-state index contributed by atoms with van der Waals surface area (Å²) in [6, 6.07) is 2.10. The maximum Gasteiger partial charge on any atom is 0.203 e. The van der Waals surface area contributed by atoms with Crippen LogP contribution < -0.4 is 24.3 Å². The lowest BCUT2D eigenvalue weighted by molar-refractivity contribution is 0.300. The Hall–Kier alpha value is -1.62. The van der Waals surface area contributed by atoms with E-state index < -0.39 is 0 Å². The maximum absolute atomic E-state index is 5.89. The highest BCUT2D eigenvalue weighted by Gasteiger charge is 2.28. The Morgan fingerprint density at radius 1 is 1.19 bits per heavy atom. The van der Waals surface area contributed by atoms with Gasteiger partial charge in [0.15, 0.2) is 11.5 Å². The summed E-state index contributed by atoms with van der Waals surface area (Å²) >= 11 is 0. The van der Waals surface area contributed by atoms with E-state index >= 15 is 0 Å². The van der Waals surface area contributed by atoms with E-state index in [1.165, 1.54) is 0 Å². The molecule has 0 saturated heterocycles. The van der Waals surface area contributed by atoms with Crippen molar-refractivity contribution in [2.24, 2.45) is 0 Å². The van der Waals surface area contributed by atoms with Crippen molar-refractivity contribution in [3.8, 4) is 23.0 Å². The molecular formula is C16H25NO4. The van der Waals surface area contributed by atoms with Crippen molar-refractivity contribution in [1.29, 1.82) is 0 Å². The molecule has 0 amide bonds. The minimum Gasteiger partial charge on any atom is -0.493 e. The number of hydrogen-bond donors (Lipinski definition) is 1. The Morgan fingerprint density at radius 3 is 2.57 bits per heavy atom. The second-order valence-corrected chi connectivity index (χ2v) is 5.05. The first-order valence-corrected chi connectivity index (χ1v) is 7.45. The van der Waals surface area contributed by atoms with Gasteiger partial charge in [-0.1, -0.05) is 6.92 Å². The van der Waals surface area contributed by atoms with Gasteiger partial charge in [0, 0.05) is 12.1 Å². The Kier molecular flexibility index (Phi) is 5.56. The molecule has 21 heavy (non-hydrogen) atoms. The number of rotatable bonds is 6. The summed E-state index contributed by atoms with van der Waals surface area (Å²) in [7, 11) is 4.89. The molecule has 2 rings (SSSR count). The van der Waals surface area contributed by atoms with Crippen molar-refractivity contribution in [2.45, 2.75) is 32.2 Å². The van der Waals surface area contributed by atoms with Crippen molar-refractivity contribution in [3.63, 3.8) is 0 Å². The standard InChI is InChI=1S/C16H25NO4/c1-5-8-17-11-7-6-9-21-12-10-13(18-2)15(19-3)16(20-4)14(11)12/h10-11,17H,5-9H2,1-4H3. The van der Waals surface area contributed by atoms with E-state index in [2.05, 4.69) is 12.2 Å². The van der Waals surface area contributed by atoms with Gasteiger partial charge in [0.2, 0.25) is 5.75 Å². The summed E-state index contributed by atoms with van der Waals surface area (Å²) in [5.41, 5.74) is 1.03. The number of benzene rings is 1. The predicted octanol–water partition coefficient (Wildman–Crippen LogP) is 2.93. The van der Waals surface area contributed by atoms with Gasteiger partial charge in [0.25, 0.3) is 0 Å². The van der Waals surface area contributed by atoms with Crippen LogP contribution >= 0.6 is 0 Å². The molecule has 0 spiro atoms. The Bertz CT molecular complexity index is 476. The molecule has 0 aromatic heterocycles. The van der Waals surface area contributed by atoms with Crippen LogP contribution in [0.15, 0.2) is 6.07 Å². The third kappa shape index (κ3) is 3.18. The van der Waals surface area contributed by atoms with E-state index in [4.69, 9.17) is 18.9 Å². The fourth-order valence-electron chi connectivity index (χ4n) is 2.74. The number of nitrogens with one attached hydrogen (secondary N) is 1. The van der Waals surface area contributed by atoms with Crippen molar-refractivity contribution in [1.82, 2.24) is 5.32 Å². The van der Waals surface area contributed by atoms with E-state index in [1.54, 1.807) is 21.3 Å². The van der Waals surface area contributed by atoms with E-state index in [-0.39, 0.29) is 6.04 Å². The molecule has 1 aromatic rings. The van der Waals surface area contributed by atoms with Crippen LogP contribution in [0.4, 0.5) is 0 Å². The molecule has 1 atom stereocenters. The van der Waals surface area contributed by atoms with Crippen LogP contribution in [0, 0.1) is 0 Å². The van der Waals surface area contributed by atoms with Gasteiger partial charge in [-0.2, -0.15) is 0 Å². The molecular weight excluding hydrogens is 270 g/mol. The average Bonchev–Trinajstić information content (AvgIpc) is 2.72. The summed E-state index contributed by atoms with van der Waals surface area (Å²) in [6.45, 7) is 3.82. The fourth-order valence-corrected chi connectivity index (χ4v) is 2.74. The molecule has 0 saturated carbocycles. The van der Waals surface area contributed by atoms with Crippen LogP contribution in [0.3, 0.4) is 0 Å². The molecule has 1 N–H and O–H groups in total. The van der Waals surface area contributed by atoms with Gasteiger partial charge in [-0.25, -0.2) is 0 Å². The van der Waals surface area contributed by atoms with Crippen molar-refractivity contribution in [3.05, 3.63) is 11.6 Å². The fraction of sp³-hybridized carbons (Fsp3) is 0.625. The van der Waals surface area contributed by atoms with Gasteiger partial charge in [-0.05, 0) is 25.8 Å². The summed E-state index contributed by atoms with van der Waals surface area (Å²) in [5, 5.41) is 3.57. The van der Waals surface area contributed by atoms with Gasteiger partial charge in [-0.15, -0.1) is 0 Å². The van der Waals surface area contributed by atoms with Crippen molar-refractivity contribution < 1.29 is 18.9 Å². The summed E-state index contributed by atoms with van der Waals surface area (Å²) in [4.78, 5) is 0. The van der Waals surface area contributed by atoms with Crippen LogP contribution in [0.1, 0.15) is 37.8 Å². The second kappa shape index (κ2) is 7.41. The van der Waals surface area contributed by atoms with Gasteiger partial charge < -0.3 is 24.3 Å². The minimum absolute atomic E-state index is 0.206. The van der Waals surface area contributed by atoms with Gasteiger partial charge in [-0.3, -0.25) is 0 Å². The van der Waals surface area contributed by atoms with Crippen LogP contribution in [0.25, 0.3) is 0 Å². The van der Waals surface area contributed by atoms with Crippen LogP contribution in [-0.2, 0) is 0 Å². The second-order valence-electron chi connectivity index (χ2n) is 5.05. The van der Waals surface area contributed by atoms with Crippen molar-refractivity contribution >= 4 is 0 Å². The van der Waals surface area contributed by atoms with Gasteiger partial charge >= 0.3 is 0 Å². The summed E-state index contributed by atoms with van der Waals surface area (Å²) < 4.78 is 22.4. The quantitative estimate of drug-likeness (QED) is 0.874. The highest BCUT2D eigenvalue weighted by molar-refractivity contribution is 5.63. The highest BCUT2D eigenvalue weighted by Crippen LogP contribution is 2.49. The first-order chi connectivity index (χ1) is 10.3. The third-order valence-electron chi connectivity index (χ3n) is 3.71. The molecule has 1 aliphatic rings. The van der Waals surface area contributed by atoms with Crippen LogP contribution in [0.5, 0.6) is 23.0 Å². The SMILES string of the molecule is CCCNC1CCCOc2cc(OC)c(OC)c(OC)c21. The summed E-state index contributed by atoms with van der Waals surface area (Å²) in [5.74, 6) is 2.76. The molecule has 1 aromatic carbocycles. The maximum atomic E-state index is 5.89. The molecule has 0 radical (unpaired) electrons. The summed E-state index contributed by atoms with van der Waals surface area (Å²) in [6.07, 6.45) is 3.10. The van der Waals surface area contributed by atoms with Gasteiger partial charge in [0.1, 0.15) is 5.75 Å². The lowest BCUT2D eigenvalue weighted by atomic mass is 9.99. The minimum atomic E-state index is 0.206. The predicted molar refractivity (Wildman–Crippen MR) is 81.9 cm³/mol. The van der Waals surface area contributed by atoms with Crippen LogP contribution in [0.2, 0.25) is 0 Å².